The van der Waals surface area contributed by atoms with E-state index in [9.17, 15) is 0 Å². The lowest BCUT2D eigenvalue weighted by molar-refractivity contribution is -0.0597. The maximum absolute atomic E-state index is 5.41. The largest absolute Gasteiger partial charge is 0.376 e. The van der Waals surface area contributed by atoms with Crippen LogP contribution in [0.3, 0.4) is 0 Å². The highest BCUT2D eigenvalue weighted by atomic mass is 16.5. The Balaban J connectivity index is 2.17. The van der Waals surface area contributed by atoms with Gasteiger partial charge in [-0.15, -0.1) is 0 Å². The summed E-state index contributed by atoms with van der Waals surface area (Å²) in [4.78, 5) is 4.43. The van der Waals surface area contributed by atoms with E-state index in [1.807, 2.05) is 0 Å². The van der Waals surface area contributed by atoms with Crippen LogP contribution in [0.4, 0.5) is 0 Å². The Morgan fingerprint density at radius 3 is 2.54 bits per heavy atom. The van der Waals surface area contributed by atoms with E-state index in [2.05, 4.69) is 30.3 Å². The van der Waals surface area contributed by atoms with Gasteiger partial charge in [-0.2, -0.15) is 0 Å². The number of hydrogen-bond acceptors (Lipinski definition) is 2. The number of aromatic nitrogens is 2. The summed E-state index contributed by atoms with van der Waals surface area (Å²) >= 11 is 0. The van der Waals surface area contributed by atoms with Crippen LogP contribution in [0.1, 0.15) is 23.6 Å². The van der Waals surface area contributed by atoms with Crippen LogP contribution in [-0.2, 0) is 11.3 Å². The van der Waals surface area contributed by atoms with Gasteiger partial charge in [0.15, 0.2) is 0 Å². The van der Waals surface area contributed by atoms with Gasteiger partial charge in [-0.25, -0.2) is 4.98 Å². The lowest BCUT2D eigenvalue weighted by atomic mass is 10.2. The molecule has 0 bridgehead atoms. The molecule has 0 aromatic carbocycles. The van der Waals surface area contributed by atoms with Crippen molar-refractivity contribution in [2.75, 3.05) is 6.61 Å². The fourth-order valence-electron chi connectivity index (χ4n) is 1.72. The Morgan fingerprint density at radius 2 is 2.15 bits per heavy atom. The van der Waals surface area contributed by atoms with Gasteiger partial charge in [0.1, 0.15) is 5.82 Å². The predicted molar refractivity (Wildman–Crippen MR) is 50.8 cm³/mol. The van der Waals surface area contributed by atoms with Crippen molar-refractivity contribution in [1.29, 1.82) is 0 Å². The minimum atomic E-state index is 0.422. The molecule has 1 aromatic rings. The summed E-state index contributed by atoms with van der Waals surface area (Å²) < 4.78 is 7.65. The van der Waals surface area contributed by atoms with Crippen molar-refractivity contribution >= 4 is 0 Å². The van der Waals surface area contributed by atoms with Gasteiger partial charge < -0.3 is 9.30 Å². The summed E-state index contributed by atoms with van der Waals surface area (Å²) in [5, 5.41) is 0. The first-order chi connectivity index (χ1) is 6.18. The molecule has 1 aromatic heterocycles. The van der Waals surface area contributed by atoms with Crippen LogP contribution < -0.4 is 0 Å². The van der Waals surface area contributed by atoms with Crippen molar-refractivity contribution in [3.63, 3.8) is 0 Å². The van der Waals surface area contributed by atoms with Gasteiger partial charge in [-0.05, 0) is 27.2 Å². The molecule has 1 saturated heterocycles. The van der Waals surface area contributed by atoms with Crippen LogP contribution in [0.15, 0.2) is 0 Å². The Morgan fingerprint density at radius 1 is 1.46 bits per heavy atom. The first kappa shape index (κ1) is 8.75. The molecule has 13 heavy (non-hydrogen) atoms. The Labute approximate surface area is 78.7 Å². The summed E-state index contributed by atoms with van der Waals surface area (Å²) in [6.07, 6.45) is 1.61. The molecule has 1 aliphatic heterocycles. The van der Waals surface area contributed by atoms with E-state index in [-0.39, 0.29) is 0 Å². The van der Waals surface area contributed by atoms with Gasteiger partial charge in [-0.1, -0.05) is 0 Å². The van der Waals surface area contributed by atoms with Crippen LogP contribution in [0.25, 0.3) is 0 Å². The Hall–Kier alpha value is -0.830. The SMILES string of the molecule is Cc1nc(C)n(CC2CCO2)c1C. The molecule has 1 unspecified atom stereocenters. The molecule has 0 spiro atoms. The molecule has 0 N–H and O–H groups in total. The van der Waals surface area contributed by atoms with Crippen molar-refractivity contribution in [2.24, 2.45) is 0 Å². The molecule has 1 aliphatic rings. The lowest BCUT2D eigenvalue weighted by Crippen LogP contribution is -2.31. The standard InChI is InChI=1S/C10H16N2O/c1-7-8(2)12(9(3)11-7)6-10-4-5-13-10/h10H,4-6H2,1-3H3. The van der Waals surface area contributed by atoms with Gasteiger partial charge in [0.25, 0.3) is 0 Å². The van der Waals surface area contributed by atoms with Gasteiger partial charge >= 0.3 is 0 Å². The number of aryl methyl sites for hydroxylation is 2. The zero-order valence-corrected chi connectivity index (χ0v) is 8.50. The molecule has 0 amide bonds. The molecule has 2 rings (SSSR count). The fraction of sp³-hybridized carbons (Fsp3) is 0.700. The maximum Gasteiger partial charge on any atom is 0.106 e. The average Bonchev–Trinajstić information content (AvgIpc) is 2.21. The molecule has 72 valence electrons. The Bertz CT molecular complexity index is 313. The second-order valence-electron chi connectivity index (χ2n) is 3.72. The third-order valence-electron chi connectivity index (χ3n) is 2.83. The molecule has 2 heterocycles. The molecule has 1 atom stereocenters. The van der Waals surface area contributed by atoms with E-state index in [1.165, 1.54) is 12.1 Å². The van der Waals surface area contributed by atoms with E-state index >= 15 is 0 Å². The molecular formula is C10H16N2O. The first-order valence-electron chi connectivity index (χ1n) is 4.80. The normalized spacial score (nSPS) is 21.6. The highest BCUT2D eigenvalue weighted by molar-refractivity contribution is 5.13. The highest BCUT2D eigenvalue weighted by Gasteiger charge is 2.20. The van der Waals surface area contributed by atoms with Crippen LogP contribution in [0, 0.1) is 20.8 Å². The number of imidazole rings is 1. The number of ether oxygens (including phenoxy) is 1. The monoisotopic (exact) mass is 180 g/mol. The minimum absolute atomic E-state index is 0.422. The number of rotatable bonds is 2. The molecule has 3 nitrogen and oxygen atoms in total. The third-order valence-corrected chi connectivity index (χ3v) is 2.83. The quantitative estimate of drug-likeness (QED) is 0.691. The van der Waals surface area contributed by atoms with Gasteiger partial charge in [0, 0.05) is 12.3 Å². The van der Waals surface area contributed by atoms with E-state index < -0.39 is 0 Å². The van der Waals surface area contributed by atoms with Crippen LogP contribution >= 0.6 is 0 Å². The minimum Gasteiger partial charge on any atom is -0.376 e. The topological polar surface area (TPSA) is 27.1 Å². The van der Waals surface area contributed by atoms with Crippen molar-refractivity contribution in [3.05, 3.63) is 17.2 Å². The van der Waals surface area contributed by atoms with Gasteiger partial charge in [0.2, 0.25) is 0 Å². The second-order valence-corrected chi connectivity index (χ2v) is 3.72. The Kier molecular flexibility index (Phi) is 2.12. The smallest absolute Gasteiger partial charge is 0.106 e. The van der Waals surface area contributed by atoms with E-state index in [0.29, 0.717) is 6.10 Å². The van der Waals surface area contributed by atoms with Crippen LogP contribution in [0.2, 0.25) is 0 Å². The summed E-state index contributed by atoms with van der Waals surface area (Å²) in [6.45, 7) is 8.13. The molecule has 0 radical (unpaired) electrons. The van der Waals surface area contributed by atoms with Crippen molar-refractivity contribution in [3.8, 4) is 0 Å². The average molecular weight is 180 g/mol. The number of hydrogen-bond donors (Lipinski definition) is 0. The number of nitrogens with zero attached hydrogens (tertiary/aromatic N) is 2. The lowest BCUT2D eigenvalue weighted by Gasteiger charge is -2.27. The summed E-state index contributed by atoms with van der Waals surface area (Å²) in [5.41, 5.74) is 2.41. The molecule has 0 aliphatic carbocycles. The van der Waals surface area contributed by atoms with Crippen molar-refractivity contribution < 1.29 is 4.74 Å². The third kappa shape index (κ3) is 1.48. The van der Waals surface area contributed by atoms with Crippen LogP contribution in [0.5, 0.6) is 0 Å². The van der Waals surface area contributed by atoms with Crippen molar-refractivity contribution in [2.45, 2.75) is 39.8 Å². The molecular weight excluding hydrogens is 164 g/mol. The summed E-state index contributed by atoms with van der Waals surface area (Å²) in [7, 11) is 0. The van der Waals surface area contributed by atoms with Gasteiger partial charge in [0.05, 0.1) is 18.3 Å². The highest BCUT2D eigenvalue weighted by Crippen LogP contribution is 2.17. The molecule has 0 saturated carbocycles. The fourth-order valence-corrected chi connectivity index (χ4v) is 1.72. The zero-order valence-electron chi connectivity index (χ0n) is 8.50. The predicted octanol–water partition coefficient (Wildman–Crippen LogP) is 1.60. The van der Waals surface area contributed by atoms with Crippen molar-refractivity contribution in [1.82, 2.24) is 9.55 Å². The molecule has 3 heteroatoms. The van der Waals surface area contributed by atoms with Crippen LogP contribution in [-0.4, -0.2) is 22.3 Å². The van der Waals surface area contributed by atoms with Gasteiger partial charge in [-0.3, -0.25) is 0 Å². The zero-order chi connectivity index (χ0) is 9.42. The van der Waals surface area contributed by atoms with E-state index in [4.69, 9.17) is 4.74 Å². The maximum atomic E-state index is 5.41. The second kappa shape index (κ2) is 3.14. The van der Waals surface area contributed by atoms with E-state index in [0.717, 1.165) is 24.7 Å². The van der Waals surface area contributed by atoms with E-state index in [1.54, 1.807) is 0 Å². The summed E-state index contributed by atoms with van der Waals surface area (Å²) in [5.74, 6) is 1.10. The summed E-state index contributed by atoms with van der Waals surface area (Å²) in [6, 6.07) is 0. The molecule has 1 fully saturated rings. The first-order valence-corrected chi connectivity index (χ1v) is 4.80.